The molecule has 0 saturated heterocycles. The lowest BCUT2D eigenvalue weighted by Gasteiger charge is -2.53. The number of Topliss-reactive ketones (excluding diaryl/α,β-unsaturated/α-hetero) is 2. The van der Waals surface area contributed by atoms with Crippen LogP contribution in [0.5, 0.6) is 5.75 Å². The van der Waals surface area contributed by atoms with Crippen LogP contribution in [0.3, 0.4) is 0 Å². The number of aromatic hydroxyl groups is 1. The molecule has 12 heteroatoms. The maximum atomic E-state index is 14.1. The van der Waals surface area contributed by atoms with Gasteiger partial charge in [0.2, 0.25) is 11.7 Å². The normalized spacial score (nSPS) is 26.2. The highest BCUT2D eigenvalue weighted by Gasteiger charge is 2.67. The van der Waals surface area contributed by atoms with Crippen LogP contribution in [0.2, 0.25) is 0 Å². The number of unbranched alkanes of at least 4 members (excludes halogenated alkanes) is 12. The van der Waals surface area contributed by atoms with Gasteiger partial charge in [-0.2, -0.15) is 0 Å². The third kappa shape index (κ3) is 7.34. The van der Waals surface area contributed by atoms with Gasteiger partial charge in [0.15, 0.2) is 17.1 Å². The Morgan fingerprint density at radius 1 is 0.900 bits per heavy atom. The first kappa shape index (κ1) is 39.1. The molecule has 3 aliphatic carbocycles. The van der Waals surface area contributed by atoms with Gasteiger partial charge >= 0.3 is 0 Å². The lowest BCUT2D eigenvalue weighted by molar-refractivity contribution is -0.162. The molecule has 276 valence electrons. The number of phenolic OH excluding ortho intramolecular Hbond substituents is 1. The number of amides is 2. The van der Waals surface area contributed by atoms with E-state index in [4.69, 9.17) is 5.73 Å². The summed E-state index contributed by atoms with van der Waals surface area (Å²) in [4.78, 5) is 54.0. The molecule has 0 fully saturated rings. The number of hydrogen-bond donors (Lipinski definition) is 7. The van der Waals surface area contributed by atoms with E-state index in [1.807, 2.05) is 0 Å². The quantitative estimate of drug-likeness (QED) is 0.0652. The molecule has 0 bridgehead atoms. The van der Waals surface area contributed by atoms with Crippen molar-refractivity contribution in [3.63, 3.8) is 0 Å². The number of nitrogens with zero attached hydrogens (tertiary/aromatic N) is 1. The Kier molecular flexibility index (Phi) is 12.9. The van der Waals surface area contributed by atoms with E-state index in [9.17, 15) is 44.7 Å². The Morgan fingerprint density at radius 2 is 1.44 bits per heavy atom. The van der Waals surface area contributed by atoms with Crippen molar-refractivity contribution in [2.45, 2.75) is 127 Å². The third-order valence-electron chi connectivity index (χ3n) is 10.9. The maximum Gasteiger partial charge on any atom is 0.255 e. The summed E-state index contributed by atoms with van der Waals surface area (Å²) < 4.78 is 0. The first-order valence-electron chi connectivity index (χ1n) is 18.2. The molecule has 3 aliphatic rings. The van der Waals surface area contributed by atoms with Crippen molar-refractivity contribution in [2.75, 3.05) is 19.4 Å². The maximum absolute atomic E-state index is 14.1. The number of primary amides is 1. The highest BCUT2D eigenvalue weighted by atomic mass is 16.4. The minimum absolute atomic E-state index is 0.0132. The summed E-state index contributed by atoms with van der Waals surface area (Å²) >= 11 is 0. The molecule has 0 saturated carbocycles. The van der Waals surface area contributed by atoms with Crippen molar-refractivity contribution in [1.82, 2.24) is 4.90 Å². The number of carbonyl (C=O) groups excluding carboxylic acids is 4. The summed E-state index contributed by atoms with van der Waals surface area (Å²) in [6.07, 6.45) is 13.8. The number of fused-ring (bicyclic) bond motifs is 3. The van der Waals surface area contributed by atoms with Gasteiger partial charge in [-0.1, -0.05) is 97.0 Å². The first-order valence-corrected chi connectivity index (χ1v) is 18.2. The largest absolute Gasteiger partial charge is 0.510 e. The van der Waals surface area contributed by atoms with Crippen LogP contribution >= 0.6 is 0 Å². The van der Waals surface area contributed by atoms with E-state index in [2.05, 4.69) is 12.2 Å². The second-order valence-corrected chi connectivity index (χ2v) is 14.5. The fraction of sp³-hybridized carbons (Fsp3) is 0.632. The standard InChI is InChI=1S/C38H55N3O9/c1-5-6-7-8-9-10-11-12-13-14-15-16-17-18-24(42)40-23-20-19-22-21(2)25-27(32(44)26(22)31(23)43)35(47)38(50)29(33(25)45)30(41(3)4)34(46)28(36(38)48)37(39)49/h19-21,25,29-30,33,43,45-47,50H,5-18H2,1-4H3,(H2,39,49)(H,40,42). The molecule has 8 N–H and O–H groups in total. The monoisotopic (exact) mass is 697 g/mol. The molecule has 4 rings (SSSR count). The number of benzene rings is 1. The molecule has 1 aromatic rings. The smallest absolute Gasteiger partial charge is 0.255 e. The van der Waals surface area contributed by atoms with E-state index in [1.54, 1.807) is 13.0 Å². The number of anilines is 1. The third-order valence-corrected chi connectivity index (χ3v) is 10.9. The second kappa shape index (κ2) is 16.5. The Hall–Kier alpha value is -3.74. The number of ketones is 2. The minimum atomic E-state index is -2.99. The van der Waals surface area contributed by atoms with Crippen molar-refractivity contribution < 1.29 is 44.7 Å². The van der Waals surface area contributed by atoms with Gasteiger partial charge < -0.3 is 36.6 Å². The summed E-state index contributed by atoms with van der Waals surface area (Å²) in [7, 11) is 2.96. The van der Waals surface area contributed by atoms with E-state index in [0.29, 0.717) is 12.0 Å². The minimum Gasteiger partial charge on any atom is -0.510 e. The van der Waals surface area contributed by atoms with E-state index in [-0.39, 0.29) is 23.6 Å². The van der Waals surface area contributed by atoms with Gasteiger partial charge in [-0.05, 0) is 38.1 Å². The fourth-order valence-corrected chi connectivity index (χ4v) is 8.24. The Balaban J connectivity index is 1.45. The second-order valence-electron chi connectivity index (χ2n) is 14.5. The average Bonchev–Trinajstić information content (AvgIpc) is 3.05. The number of likely N-dealkylation sites (N-methyl/N-ethyl adjacent to an activating group) is 1. The van der Waals surface area contributed by atoms with Crippen LogP contribution in [0.25, 0.3) is 0 Å². The number of nitrogens with two attached hydrogens (primary N) is 1. The number of aliphatic hydroxyl groups excluding tert-OH is 3. The zero-order chi connectivity index (χ0) is 36.9. The number of nitrogens with one attached hydrogen (secondary N) is 1. The predicted molar refractivity (Wildman–Crippen MR) is 189 cm³/mol. The summed E-state index contributed by atoms with van der Waals surface area (Å²) in [5.74, 6) is -9.96. The number of rotatable bonds is 17. The number of hydrogen-bond acceptors (Lipinski definition) is 10. The Morgan fingerprint density at radius 3 is 1.96 bits per heavy atom. The van der Waals surface area contributed by atoms with Gasteiger partial charge in [0.1, 0.15) is 17.1 Å². The van der Waals surface area contributed by atoms with E-state index in [0.717, 1.165) is 19.3 Å². The summed E-state index contributed by atoms with van der Waals surface area (Å²) in [6.45, 7) is 3.88. The van der Waals surface area contributed by atoms with Gasteiger partial charge in [-0.3, -0.25) is 24.1 Å². The SMILES string of the molecule is CCCCCCCCCCCCCCCC(=O)Nc1ccc2c(c1O)C(=O)C1=C(O)C3(O)C(=O)C(C(N)=O)=C(O)C(N(C)C)C3C(O)C1C2C. The molecule has 50 heavy (non-hydrogen) atoms. The molecule has 0 heterocycles. The molecule has 12 nitrogen and oxygen atoms in total. The van der Waals surface area contributed by atoms with Crippen molar-refractivity contribution >= 4 is 29.1 Å². The van der Waals surface area contributed by atoms with Crippen LogP contribution in [0.4, 0.5) is 5.69 Å². The number of carbonyl (C=O) groups is 4. The van der Waals surface area contributed by atoms with Gasteiger partial charge in [0.05, 0.1) is 29.3 Å². The average molecular weight is 698 g/mol. The molecule has 0 aromatic heterocycles. The lowest BCUT2D eigenvalue weighted by Crippen LogP contribution is -2.68. The van der Waals surface area contributed by atoms with E-state index in [1.165, 1.54) is 82.8 Å². The van der Waals surface area contributed by atoms with E-state index < -0.39 is 81.4 Å². The highest BCUT2D eigenvalue weighted by molar-refractivity contribution is 6.25. The summed E-state index contributed by atoms with van der Waals surface area (Å²) in [6, 6.07) is 1.70. The van der Waals surface area contributed by atoms with Gasteiger partial charge in [-0.15, -0.1) is 0 Å². The van der Waals surface area contributed by atoms with Crippen LogP contribution in [-0.2, 0) is 14.4 Å². The zero-order valence-corrected chi connectivity index (χ0v) is 29.8. The zero-order valence-electron chi connectivity index (χ0n) is 29.8. The highest BCUT2D eigenvalue weighted by Crippen LogP contribution is 2.56. The Bertz CT molecular complexity index is 1530. The first-order chi connectivity index (χ1) is 23.7. The molecular weight excluding hydrogens is 642 g/mol. The van der Waals surface area contributed by atoms with Gasteiger partial charge in [-0.25, -0.2) is 0 Å². The van der Waals surface area contributed by atoms with Crippen LogP contribution < -0.4 is 11.1 Å². The van der Waals surface area contributed by atoms with Crippen molar-refractivity contribution in [3.05, 3.63) is 45.9 Å². The van der Waals surface area contributed by atoms with Crippen LogP contribution in [0.1, 0.15) is 126 Å². The molecule has 6 atom stereocenters. The van der Waals surface area contributed by atoms with Gasteiger partial charge in [0, 0.05) is 17.9 Å². The molecule has 0 spiro atoms. The fourth-order valence-electron chi connectivity index (χ4n) is 8.24. The molecule has 6 unspecified atom stereocenters. The van der Waals surface area contributed by atoms with Gasteiger partial charge in [0.25, 0.3) is 5.91 Å². The summed E-state index contributed by atoms with van der Waals surface area (Å²) in [5.41, 5.74) is 1.01. The van der Waals surface area contributed by atoms with Crippen LogP contribution in [-0.4, -0.2) is 85.7 Å². The predicted octanol–water partition coefficient (Wildman–Crippen LogP) is 5.07. The molecule has 2 amide bonds. The van der Waals surface area contributed by atoms with Crippen LogP contribution in [0.15, 0.2) is 34.8 Å². The number of aliphatic hydroxyl groups is 4. The summed E-state index contributed by atoms with van der Waals surface area (Å²) in [5, 5.41) is 60.0. The van der Waals surface area contributed by atoms with Crippen molar-refractivity contribution in [2.24, 2.45) is 17.6 Å². The van der Waals surface area contributed by atoms with Crippen LogP contribution in [0, 0.1) is 11.8 Å². The number of phenols is 1. The van der Waals surface area contributed by atoms with Crippen molar-refractivity contribution in [1.29, 1.82) is 0 Å². The van der Waals surface area contributed by atoms with Crippen molar-refractivity contribution in [3.8, 4) is 5.75 Å². The molecule has 1 aromatic carbocycles. The lowest BCUT2D eigenvalue weighted by atomic mass is 9.55. The molecular formula is C38H55N3O9. The molecule has 0 aliphatic heterocycles. The topological polar surface area (TPSA) is 211 Å². The molecule has 0 radical (unpaired) electrons. The van der Waals surface area contributed by atoms with E-state index >= 15 is 0 Å². The Labute approximate surface area is 294 Å².